The molecule has 3 fully saturated rings. The van der Waals surface area contributed by atoms with Crippen LogP contribution < -0.4 is 0 Å². The molecule has 62 valence electrons. The van der Waals surface area contributed by atoms with Crippen LogP contribution in [0.3, 0.4) is 0 Å². The quantitative estimate of drug-likeness (QED) is 0.509. The summed E-state index contributed by atoms with van der Waals surface area (Å²) in [5.41, 5.74) is 0. The second-order valence-corrected chi connectivity index (χ2v) is 4.85. The number of rotatable bonds is 0. The lowest BCUT2D eigenvalue weighted by atomic mass is 9.85. The van der Waals surface area contributed by atoms with Crippen LogP contribution in [0.4, 0.5) is 0 Å². The number of nitrogens with zero attached hydrogens (tertiary/aromatic N) is 1. The smallest absolute Gasteiger partial charge is 0.0124 e. The Bertz CT molecular complexity index is 174. The molecule has 1 heteroatoms. The van der Waals surface area contributed by atoms with E-state index in [4.69, 9.17) is 0 Å². The fourth-order valence-corrected chi connectivity index (χ4v) is 3.87. The third-order valence-corrected chi connectivity index (χ3v) is 4.30. The highest BCUT2D eigenvalue weighted by Crippen LogP contribution is 2.51. The van der Waals surface area contributed by atoms with Gasteiger partial charge in [0.2, 0.25) is 0 Å². The van der Waals surface area contributed by atoms with Gasteiger partial charge in [0.25, 0.3) is 0 Å². The van der Waals surface area contributed by atoms with Crippen LogP contribution >= 0.6 is 0 Å². The summed E-state index contributed by atoms with van der Waals surface area (Å²) in [4.78, 5) is 2.62. The minimum absolute atomic E-state index is 0.985. The number of hydrogen-bond acceptors (Lipinski definition) is 1. The van der Waals surface area contributed by atoms with E-state index >= 15 is 0 Å². The summed E-state index contributed by atoms with van der Waals surface area (Å²) in [6, 6.07) is 0.985. The van der Waals surface area contributed by atoms with Crippen LogP contribution in [-0.2, 0) is 0 Å². The van der Waals surface area contributed by atoms with E-state index in [9.17, 15) is 0 Å². The predicted molar refractivity (Wildman–Crippen MR) is 45.4 cm³/mol. The predicted octanol–water partition coefficient (Wildman–Crippen LogP) is 1.74. The summed E-state index contributed by atoms with van der Waals surface area (Å²) in [5.74, 6) is 3.34. The van der Waals surface area contributed by atoms with Crippen molar-refractivity contribution >= 4 is 0 Å². The van der Waals surface area contributed by atoms with Crippen molar-refractivity contribution in [2.45, 2.75) is 31.7 Å². The molecule has 1 nitrogen and oxygen atoms in total. The van der Waals surface area contributed by atoms with Gasteiger partial charge >= 0.3 is 0 Å². The molecular weight excluding hydrogens is 134 g/mol. The number of fused-ring (bicyclic) bond motifs is 1. The fourth-order valence-electron chi connectivity index (χ4n) is 3.87. The van der Waals surface area contributed by atoms with Gasteiger partial charge in [0.05, 0.1) is 0 Å². The molecule has 1 saturated heterocycles. The van der Waals surface area contributed by atoms with Crippen molar-refractivity contribution in [2.24, 2.45) is 17.8 Å². The van der Waals surface area contributed by atoms with Gasteiger partial charge in [-0.3, -0.25) is 0 Å². The molecule has 0 spiro atoms. The highest BCUT2D eigenvalue weighted by atomic mass is 15.2. The molecule has 4 unspecified atom stereocenters. The zero-order valence-electron chi connectivity index (χ0n) is 7.29. The maximum Gasteiger partial charge on any atom is 0.0124 e. The van der Waals surface area contributed by atoms with Crippen molar-refractivity contribution in [1.29, 1.82) is 0 Å². The lowest BCUT2D eigenvalue weighted by Gasteiger charge is -2.30. The molecule has 0 aromatic carbocycles. The highest BCUT2D eigenvalue weighted by molar-refractivity contribution is 5.01. The van der Waals surface area contributed by atoms with Gasteiger partial charge < -0.3 is 4.90 Å². The van der Waals surface area contributed by atoms with Crippen molar-refractivity contribution in [3.8, 4) is 0 Å². The summed E-state index contributed by atoms with van der Waals surface area (Å²) >= 11 is 0. The van der Waals surface area contributed by atoms with E-state index in [-0.39, 0.29) is 0 Å². The van der Waals surface area contributed by atoms with E-state index in [2.05, 4.69) is 11.9 Å². The summed E-state index contributed by atoms with van der Waals surface area (Å²) in [6.07, 6.45) is 6.16. The van der Waals surface area contributed by atoms with Crippen LogP contribution in [0.2, 0.25) is 0 Å². The van der Waals surface area contributed by atoms with Crippen LogP contribution in [0.5, 0.6) is 0 Å². The van der Waals surface area contributed by atoms with Gasteiger partial charge in [0, 0.05) is 12.6 Å². The number of hydrogen-bond donors (Lipinski definition) is 0. The Balaban J connectivity index is 1.92. The van der Waals surface area contributed by atoms with Crippen molar-refractivity contribution in [2.75, 3.05) is 13.6 Å². The first-order valence-corrected chi connectivity index (χ1v) is 5.05. The van der Waals surface area contributed by atoms with Crippen LogP contribution in [-0.4, -0.2) is 24.5 Å². The Labute approximate surface area is 68.8 Å². The zero-order chi connectivity index (χ0) is 7.42. The first-order valence-electron chi connectivity index (χ1n) is 5.05. The minimum Gasteiger partial charge on any atom is -0.303 e. The molecule has 0 aromatic rings. The average Bonchev–Trinajstić information content (AvgIpc) is 2.40. The molecule has 0 aromatic heterocycles. The van der Waals surface area contributed by atoms with Gasteiger partial charge in [-0.05, 0) is 50.5 Å². The average molecular weight is 151 g/mol. The summed E-state index contributed by atoms with van der Waals surface area (Å²) in [7, 11) is 2.32. The van der Waals surface area contributed by atoms with Gasteiger partial charge in [0.15, 0.2) is 0 Å². The van der Waals surface area contributed by atoms with E-state index in [0.717, 1.165) is 23.8 Å². The fraction of sp³-hybridized carbons (Fsp3) is 1.00. The Morgan fingerprint density at radius 3 is 3.00 bits per heavy atom. The maximum atomic E-state index is 2.62. The molecule has 4 atom stereocenters. The molecule has 0 radical (unpaired) electrons. The van der Waals surface area contributed by atoms with E-state index in [0.29, 0.717) is 0 Å². The van der Waals surface area contributed by atoms with Gasteiger partial charge in [-0.1, -0.05) is 0 Å². The normalized spacial score (nSPS) is 55.4. The standard InChI is InChI=1S/C10H17N/c1-11-6-8-4-7-2-3-10(11)9(8)5-7/h7-10H,2-6H2,1H3. The van der Waals surface area contributed by atoms with E-state index < -0.39 is 0 Å². The Morgan fingerprint density at radius 1 is 1.18 bits per heavy atom. The minimum atomic E-state index is 0.985. The molecule has 2 aliphatic carbocycles. The zero-order valence-corrected chi connectivity index (χ0v) is 7.29. The highest BCUT2D eigenvalue weighted by Gasteiger charge is 2.48. The second-order valence-electron chi connectivity index (χ2n) is 4.85. The van der Waals surface area contributed by atoms with E-state index in [1.807, 2.05) is 0 Å². The Hall–Kier alpha value is -0.0400. The third-order valence-electron chi connectivity index (χ3n) is 4.30. The Morgan fingerprint density at radius 2 is 2.09 bits per heavy atom. The monoisotopic (exact) mass is 151 g/mol. The number of likely N-dealkylation sites (tertiary alicyclic amines) is 1. The van der Waals surface area contributed by atoms with Crippen LogP contribution in [0.1, 0.15) is 25.7 Å². The molecule has 2 bridgehead atoms. The van der Waals surface area contributed by atoms with Gasteiger partial charge in [-0.15, -0.1) is 0 Å². The van der Waals surface area contributed by atoms with Crippen LogP contribution in [0.15, 0.2) is 0 Å². The van der Waals surface area contributed by atoms with Crippen molar-refractivity contribution in [1.82, 2.24) is 4.90 Å². The summed E-state index contributed by atoms with van der Waals surface area (Å²) in [6.45, 7) is 1.41. The summed E-state index contributed by atoms with van der Waals surface area (Å²) in [5, 5.41) is 0. The largest absolute Gasteiger partial charge is 0.303 e. The lowest BCUT2D eigenvalue weighted by Crippen LogP contribution is -2.32. The topological polar surface area (TPSA) is 3.24 Å². The van der Waals surface area contributed by atoms with Crippen molar-refractivity contribution in [3.05, 3.63) is 0 Å². The molecule has 1 heterocycles. The molecular formula is C10H17N. The van der Waals surface area contributed by atoms with E-state index in [1.54, 1.807) is 12.8 Å². The molecule has 1 aliphatic heterocycles. The molecule has 3 aliphatic rings. The van der Waals surface area contributed by atoms with Crippen molar-refractivity contribution < 1.29 is 0 Å². The van der Waals surface area contributed by atoms with Gasteiger partial charge in [-0.2, -0.15) is 0 Å². The second kappa shape index (κ2) is 2.01. The first kappa shape index (κ1) is 6.47. The van der Waals surface area contributed by atoms with Gasteiger partial charge in [0.1, 0.15) is 0 Å². The summed E-state index contributed by atoms with van der Waals surface area (Å²) < 4.78 is 0. The van der Waals surface area contributed by atoms with Gasteiger partial charge in [-0.25, -0.2) is 0 Å². The molecule has 3 rings (SSSR count). The first-order chi connectivity index (χ1) is 5.34. The molecule has 11 heavy (non-hydrogen) atoms. The molecule has 0 amide bonds. The van der Waals surface area contributed by atoms with E-state index in [1.165, 1.54) is 19.4 Å². The van der Waals surface area contributed by atoms with Crippen LogP contribution in [0.25, 0.3) is 0 Å². The lowest BCUT2D eigenvalue weighted by molar-refractivity contribution is 0.193. The van der Waals surface area contributed by atoms with Crippen LogP contribution in [0, 0.1) is 17.8 Å². The van der Waals surface area contributed by atoms with Crippen molar-refractivity contribution in [3.63, 3.8) is 0 Å². The SMILES string of the molecule is CN1CC2CC3CCC1C2C3. The Kier molecular flexibility index (Phi) is 1.18. The molecule has 2 saturated carbocycles. The maximum absolute atomic E-state index is 2.62. The third kappa shape index (κ3) is 0.752. The molecule has 0 N–H and O–H groups in total.